The van der Waals surface area contributed by atoms with Crippen LogP contribution in [-0.2, 0) is 0 Å². The first kappa shape index (κ1) is 10.7. The number of hydrogen-bond donors (Lipinski definition) is 0. The minimum absolute atomic E-state index is 0.679. The van der Waals surface area contributed by atoms with Gasteiger partial charge < -0.3 is 9.80 Å². The lowest BCUT2D eigenvalue weighted by atomic mass is 9.89. The van der Waals surface area contributed by atoms with Crippen LogP contribution in [0.4, 0.5) is 0 Å². The summed E-state index contributed by atoms with van der Waals surface area (Å²) in [6.45, 7) is 2.24. The van der Waals surface area contributed by atoms with Crippen molar-refractivity contribution in [2.24, 2.45) is 0 Å². The van der Waals surface area contributed by atoms with Crippen molar-refractivity contribution in [3.63, 3.8) is 0 Å². The van der Waals surface area contributed by atoms with Gasteiger partial charge in [-0.3, -0.25) is 0 Å². The third kappa shape index (κ3) is 2.55. The molecule has 0 aliphatic heterocycles. The third-order valence-corrected chi connectivity index (χ3v) is 3.01. The zero-order valence-electron chi connectivity index (χ0n) is 9.54. The van der Waals surface area contributed by atoms with Gasteiger partial charge in [-0.15, -0.1) is 0 Å². The van der Waals surface area contributed by atoms with Gasteiger partial charge in [0.1, 0.15) is 0 Å². The summed E-state index contributed by atoms with van der Waals surface area (Å²) in [7, 11) is 8.71. The van der Waals surface area contributed by atoms with Crippen LogP contribution in [-0.4, -0.2) is 50.1 Å². The first-order chi connectivity index (χ1) is 6.02. The van der Waals surface area contributed by atoms with Crippen LogP contribution in [0.2, 0.25) is 0 Å². The molecule has 2 nitrogen and oxygen atoms in total. The van der Waals surface area contributed by atoms with Gasteiger partial charge in [0.25, 0.3) is 0 Å². The highest BCUT2D eigenvalue weighted by atomic mass is 15.2. The SMILES string of the molecule is CC1=CC[C@H](N(C)C)[C@@H](N(C)C)C1. The van der Waals surface area contributed by atoms with E-state index in [1.807, 2.05) is 0 Å². The summed E-state index contributed by atoms with van der Waals surface area (Å²) in [5, 5.41) is 0. The lowest BCUT2D eigenvalue weighted by Crippen LogP contribution is -2.48. The summed E-state index contributed by atoms with van der Waals surface area (Å²) in [5.41, 5.74) is 1.54. The van der Waals surface area contributed by atoms with Crippen molar-refractivity contribution in [3.8, 4) is 0 Å². The maximum Gasteiger partial charge on any atom is 0.0285 e. The van der Waals surface area contributed by atoms with Gasteiger partial charge in [0.05, 0.1) is 0 Å². The zero-order chi connectivity index (χ0) is 10.0. The Balaban J connectivity index is 2.72. The second-order valence-electron chi connectivity index (χ2n) is 4.55. The molecule has 0 radical (unpaired) electrons. The largest absolute Gasteiger partial charge is 0.305 e. The molecule has 0 unspecified atom stereocenters. The minimum Gasteiger partial charge on any atom is -0.305 e. The van der Waals surface area contributed by atoms with Gasteiger partial charge in [-0.2, -0.15) is 0 Å². The summed E-state index contributed by atoms with van der Waals surface area (Å²) < 4.78 is 0. The molecule has 0 heterocycles. The van der Waals surface area contributed by atoms with Gasteiger partial charge in [0.2, 0.25) is 0 Å². The van der Waals surface area contributed by atoms with Gasteiger partial charge in [-0.05, 0) is 48.0 Å². The van der Waals surface area contributed by atoms with Crippen LogP contribution >= 0.6 is 0 Å². The molecule has 0 aromatic rings. The standard InChI is InChI=1S/C11H22N2/c1-9-6-7-10(12(2)3)11(8-9)13(4)5/h6,10-11H,7-8H2,1-5H3/t10-,11-/m0/s1. The lowest BCUT2D eigenvalue weighted by molar-refractivity contribution is 0.144. The van der Waals surface area contributed by atoms with E-state index in [2.05, 4.69) is 51.0 Å². The van der Waals surface area contributed by atoms with E-state index >= 15 is 0 Å². The Morgan fingerprint density at radius 2 is 1.62 bits per heavy atom. The van der Waals surface area contributed by atoms with Gasteiger partial charge in [-0.1, -0.05) is 11.6 Å². The first-order valence-electron chi connectivity index (χ1n) is 5.01. The molecular formula is C11H22N2. The Hall–Kier alpha value is -0.340. The second kappa shape index (κ2) is 4.25. The van der Waals surface area contributed by atoms with Crippen LogP contribution in [0.15, 0.2) is 11.6 Å². The minimum atomic E-state index is 0.679. The van der Waals surface area contributed by atoms with E-state index in [-0.39, 0.29) is 0 Å². The topological polar surface area (TPSA) is 6.48 Å². The molecule has 0 N–H and O–H groups in total. The fourth-order valence-electron chi connectivity index (χ4n) is 2.11. The summed E-state index contributed by atoms with van der Waals surface area (Å²) in [4.78, 5) is 4.69. The van der Waals surface area contributed by atoms with Gasteiger partial charge in [0, 0.05) is 12.1 Å². The van der Waals surface area contributed by atoms with Gasteiger partial charge in [-0.25, -0.2) is 0 Å². The normalized spacial score (nSPS) is 29.6. The quantitative estimate of drug-likeness (QED) is 0.598. The molecule has 1 aliphatic rings. The molecule has 2 heteroatoms. The molecule has 1 aliphatic carbocycles. The van der Waals surface area contributed by atoms with E-state index in [0.29, 0.717) is 12.1 Å². The fourth-order valence-corrected chi connectivity index (χ4v) is 2.11. The monoisotopic (exact) mass is 182 g/mol. The first-order valence-corrected chi connectivity index (χ1v) is 5.01. The molecule has 0 aromatic carbocycles. The van der Waals surface area contributed by atoms with E-state index in [1.165, 1.54) is 18.4 Å². The summed E-state index contributed by atoms with van der Waals surface area (Å²) >= 11 is 0. The number of rotatable bonds is 2. The molecular weight excluding hydrogens is 160 g/mol. The van der Waals surface area contributed by atoms with E-state index in [1.54, 1.807) is 0 Å². The highest BCUT2D eigenvalue weighted by Crippen LogP contribution is 2.24. The molecule has 2 atom stereocenters. The maximum atomic E-state index is 2.38. The maximum absolute atomic E-state index is 2.38. The van der Waals surface area contributed by atoms with Crippen LogP contribution in [0.3, 0.4) is 0 Å². The van der Waals surface area contributed by atoms with E-state index < -0.39 is 0 Å². The number of likely N-dealkylation sites (N-methyl/N-ethyl adjacent to an activating group) is 2. The Morgan fingerprint density at radius 1 is 1.08 bits per heavy atom. The van der Waals surface area contributed by atoms with Crippen LogP contribution in [0.5, 0.6) is 0 Å². The Morgan fingerprint density at radius 3 is 2.08 bits per heavy atom. The van der Waals surface area contributed by atoms with Crippen molar-refractivity contribution >= 4 is 0 Å². The highest BCUT2D eigenvalue weighted by molar-refractivity contribution is 5.10. The lowest BCUT2D eigenvalue weighted by Gasteiger charge is -2.39. The van der Waals surface area contributed by atoms with Crippen LogP contribution < -0.4 is 0 Å². The van der Waals surface area contributed by atoms with E-state index in [4.69, 9.17) is 0 Å². The molecule has 1 rings (SSSR count). The molecule has 0 spiro atoms. The summed E-state index contributed by atoms with van der Waals surface area (Å²) in [6.07, 6.45) is 4.79. The van der Waals surface area contributed by atoms with Gasteiger partial charge in [0.15, 0.2) is 0 Å². The Kier molecular flexibility index (Phi) is 3.51. The van der Waals surface area contributed by atoms with Gasteiger partial charge >= 0.3 is 0 Å². The van der Waals surface area contributed by atoms with Crippen molar-refractivity contribution in [2.75, 3.05) is 28.2 Å². The highest BCUT2D eigenvalue weighted by Gasteiger charge is 2.27. The molecule has 0 bridgehead atoms. The molecule has 0 saturated carbocycles. The van der Waals surface area contributed by atoms with Crippen molar-refractivity contribution < 1.29 is 0 Å². The zero-order valence-corrected chi connectivity index (χ0v) is 9.54. The average Bonchev–Trinajstić information content (AvgIpc) is 2.03. The van der Waals surface area contributed by atoms with Crippen molar-refractivity contribution in [2.45, 2.75) is 31.8 Å². The number of hydrogen-bond acceptors (Lipinski definition) is 2. The van der Waals surface area contributed by atoms with Crippen molar-refractivity contribution in [1.29, 1.82) is 0 Å². The predicted octanol–water partition coefficient (Wildman–Crippen LogP) is 1.59. The van der Waals surface area contributed by atoms with E-state index in [0.717, 1.165) is 0 Å². The Bertz CT molecular complexity index is 194. The molecule has 76 valence electrons. The van der Waals surface area contributed by atoms with Crippen molar-refractivity contribution in [3.05, 3.63) is 11.6 Å². The molecule has 13 heavy (non-hydrogen) atoms. The van der Waals surface area contributed by atoms with Crippen LogP contribution in [0.1, 0.15) is 19.8 Å². The average molecular weight is 182 g/mol. The third-order valence-electron chi connectivity index (χ3n) is 3.01. The van der Waals surface area contributed by atoms with Crippen molar-refractivity contribution in [1.82, 2.24) is 9.80 Å². The summed E-state index contributed by atoms with van der Waals surface area (Å²) in [5.74, 6) is 0. The van der Waals surface area contributed by atoms with Crippen LogP contribution in [0.25, 0.3) is 0 Å². The van der Waals surface area contributed by atoms with Crippen LogP contribution in [0, 0.1) is 0 Å². The predicted molar refractivity (Wildman–Crippen MR) is 57.9 cm³/mol. The smallest absolute Gasteiger partial charge is 0.0285 e. The Labute approximate surface area is 82.2 Å². The number of nitrogens with zero attached hydrogens (tertiary/aromatic N) is 2. The fraction of sp³-hybridized carbons (Fsp3) is 0.818. The van der Waals surface area contributed by atoms with E-state index in [9.17, 15) is 0 Å². The molecule has 0 amide bonds. The summed E-state index contributed by atoms with van der Waals surface area (Å²) in [6, 6.07) is 1.36. The second-order valence-corrected chi connectivity index (χ2v) is 4.55. The molecule has 0 aromatic heterocycles. The molecule has 0 saturated heterocycles. The molecule has 0 fully saturated rings.